The van der Waals surface area contributed by atoms with E-state index in [0.29, 0.717) is 0 Å². The first-order valence-electron chi connectivity index (χ1n) is 5.84. The molecule has 84 valence electrons. The standard InChI is InChI=1S/C14H23N/c1-5-13(8-9-15(3)4)11-14-7-6-12(2)10-14/h10,12H,1,6-9,11H2,2-4H3. The van der Waals surface area contributed by atoms with Crippen molar-refractivity contribution in [3.8, 4) is 0 Å². The molecule has 0 N–H and O–H groups in total. The zero-order chi connectivity index (χ0) is 11.3. The SMILES string of the molecule is C=C=C(CCN(C)C)CC1=CC(C)CC1. The molecule has 0 aliphatic heterocycles. The van der Waals surface area contributed by atoms with Crippen LogP contribution in [0, 0.1) is 5.92 Å². The summed E-state index contributed by atoms with van der Waals surface area (Å²) < 4.78 is 0. The molecule has 0 saturated carbocycles. The lowest BCUT2D eigenvalue weighted by atomic mass is 10.0. The van der Waals surface area contributed by atoms with Gasteiger partial charge in [-0.15, -0.1) is 5.73 Å². The van der Waals surface area contributed by atoms with Gasteiger partial charge in [0, 0.05) is 6.54 Å². The third-order valence-electron chi connectivity index (χ3n) is 2.99. The number of nitrogens with zero attached hydrogens (tertiary/aromatic N) is 1. The summed E-state index contributed by atoms with van der Waals surface area (Å²) in [7, 11) is 4.22. The van der Waals surface area contributed by atoms with Crippen molar-refractivity contribution in [2.24, 2.45) is 5.92 Å². The van der Waals surface area contributed by atoms with Gasteiger partial charge in [-0.2, -0.15) is 0 Å². The zero-order valence-electron chi connectivity index (χ0n) is 10.3. The molecule has 1 unspecified atom stereocenters. The van der Waals surface area contributed by atoms with E-state index in [1.54, 1.807) is 5.57 Å². The number of hydrogen-bond acceptors (Lipinski definition) is 1. The summed E-state index contributed by atoms with van der Waals surface area (Å²) in [6.45, 7) is 7.19. The minimum Gasteiger partial charge on any atom is -0.309 e. The molecule has 0 aromatic heterocycles. The third kappa shape index (κ3) is 4.51. The predicted octanol–water partition coefficient (Wildman–Crippen LogP) is 3.40. The van der Waals surface area contributed by atoms with E-state index in [1.807, 2.05) is 0 Å². The van der Waals surface area contributed by atoms with Gasteiger partial charge >= 0.3 is 0 Å². The summed E-state index contributed by atoms with van der Waals surface area (Å²) in [4.78, 5) is 2.21. The molecule has 1 aliphatic rings. The van der Waals surface area contributed by atoms with Crippen LogP contribution in [0.3, 0.4) is 0 Å². The van der Waals surface area contributed by atoms with E-state index in [-0.39, 0.29) is 0 Å². The smallest absolute Gasteiger partial charge is 0.00187 e. The minimum atomic E-state index is 0.778. The Labute approximate surface area is 94.2 Å². The Kier molecular flexibility index (Phi) is 4.87. The summed E-state index contributed by atoms with van der Waals surface area (Å²) in [5, 5.41) is 0. The van der Waals surface area contributed by atoms with Crippen LogP contribution < -0.4 is 0 Å². The van der Waals surface area contributed by atoms with Gasteiger partial charge in [0.25, 0.3) is 0 Å². The highest BCUT2D eigenvalue weighted by Gasteiger charge is 2.12. The Balaban J connectivity index is 2.41. The predicted molar refractivity (Wildman–Crippen MR) is 66.9 cm³/mol. The van der Waals surface area contributed by atoms with Crippen molar-refractivity contribution >= 4 is 0 Å². The van der Waals surface area contributed by atoms with Crippen LogP contribution in [-0.2, 0) is 0 Å². The lowest BCUT2D eigenvalue weighted by Crippen LogP contribution is -2.13. The molecular weight excluding hydrogens is 182 g/mol. The van der Waals surface area contributed by atoms with Crippen molar-refractivity contribution in [1.29, 1.82) is 0 Å². The second kappa shape index (κ2) is 5.95. The molecule has 1 heteroatoms. The Morgan fingerprint density at radius 2 is 2.33 bits per heavy atom. The molecule has 0 fully saturated rings. The fourth-order valence-corrected chi connectivity index (χ4v) is 2.00. The number of allylic oxidation sites excluding steroid dienone is 2. The van der Waals surface area contributed by atoms with E-state index in [1.165, 1.54) is 18.4 Å². The second-order valence-electron chi connectivity index (χ2n) is 4.85. The molecule has 0 amide bonds. The van der Waals surface area contributed by atoms with Gasteiger partial charge in [0.05, 0.1) is 0 Å². The highest BCUT2D eigenvalue weighted by atomic mass is 15.0. The maximum absolute atomic E-state index is 3.79. The fraction of sp³-hybridized carbons (Fsp3) is 0.643. The molecular formula is C14H23N. The minimum absolute atomic E-state index is 0.778. The lowest BCUT2D eigenvalue weighted by Gasteiger charge is -2.11. The van der Waals surface area contributed by atoms with Crippen molar-refractivity contribution in [2.45, 2.75) is 32.6 Å². The molecule has 15 heavy (non-hydrogen) atoms. The Hall–Kier alpha value is -0.780. The van der Waals surface area contributed by atoms with Gasteiger partial charge in [0.2, 0.25) is 0 Å². The van der Waals surface area contributed by atoms with E-state index >= 15 is 0 Å². The molecule has 0 radical (unpaired) electrons. The van der Waals surface area contributed by atoms with Crippen LogP contribution in [0.1, 0.15) is 32.6 Å². The first-order chi connectivity index (χ1) is 7.11. The van der Waals surface area contributed by atoms with Gasteiger partial charge in [-0.25, -0.2) is 0 Å². The molecule has 0 saturated heterocycles. The Bertz CT molecular complexity index is 280. The van der Waals surface area contributed by atoms with Gasteiger partial charge in [0.1, 0.15) is 0 Å². The quantitative estimate of drug-likeness (QED) is 0.491. The summed E-state index contributed by atoms with van der Waals surface area (Å²) in [5.74, 6) is 0.778. The van der Waals surface area contributed by atoms with Crippen molar-refractivity contribution in [1.82, 2.24) is 4.90 Å². The Morgan fingerprint density at radius 1 is 1.60 bits per heavy atom. The van der Waals surface area contributed by atoms with Crippen LogP contribution in [0.25, 0.3) is 0 Å². The van der Waals surface area contributed by atoms with Crippen molar-refractivity contribution < 1.29 is 0 Å². The second-order valence-corrected chi connectivity index (χ2v) is 4.85. The molecule has 0 heterocycles. The average Bonchev–Trinajstić information content (AvgIpc) is 2.58. The summed E-state index contributed by atoms with van der Waals surface area (Å²) in [6, 6.07) is 0. The van der Waals surface area contributed by atoms with Gasteiger partial charge in [-0.3, -0.25) is 0 Å². The van der Waals surface area contributed by atoms with Gasteiger partial charge in [-0.1, -0.05) is 25.2 Å². The van der Waals surface area contributed by atoms with Gasteiger partial charge < -0.3 is 4.90 Å². The fourth-order valence-electron chi connectivity index (χ4n) is 2.00. The maximum Gasteiger partial charge on any atom is 0.00187 e. The molecule has 1 aliphatic carbocycles. The van der Waals surface area contributed by atoms with Crippen molar-refractivity contribution in [3.63, 3.8) is 0 Å². The largest absolute Gasteiger partial charge is 0.309 e. The van der Waals surface area contributed by atoms with Crippen LogP contribution in [0.2, 0.25) is 0 Å². The Morgan fingerprint density at radius 3 is 2.80 bits per heavy atom. The average molecular weight is 205 g/mol. The van der Waals surface area contributed by atoms with E-state index in [9.17, 15) is 0 Å². The van der Waals surface area contributed by atoms with E-state index in [4.69, 9.17) is 0 Å². The first-order valence-corrected chi connectivity index (χ1v) is 5.84. The number of hydrogen-bond donors (Lipinski definition) is 0. The molecule has 0 aromatic carbocycles. The monoisotopic (exact) mass is 205 g/mol. The number of rotatable bonds is 5. The van der Waals surface area contributed by atoms with Crippen LogP contribution >= 0.6 is 0 Å². The molecule has 1 nitrogen and oxygen atoms in total. The molecule has 1 rings (SSSR count). The maximum atomic E-state index is 3.79. The lowest BCUT2D eigenvalue weighted by molar-refractivity contribution is 0.412. The van der Waals surface area contributed by atoms with E-state index < -0.39 is 0 Å². The van der Waals surface area contributed by atoms with Crippen molar-refractivity contribution in [2.75, 3.05) is 20.6 Å². The normalized spacial score (nSPS) is 20.3. The summed E-state index contributed by atoms with van der Waals surface area (Å²) >= 11 is 0. The van der Waals surface area contributed by atoms with Crippen LogP contribution in [0.4, 0.5) is 0 Å². The first kappa shape index (κ1) is 12.3. The van der Waals surface area contributed by atoms with Crippen LogP contribution in [-0.4, -0.2) is 25.5 Å². The summed E-state index contributed by atoms with van der Waals surface area (Å²) in [6.07, 6.45) is 7.22. The molecule has 0 aromatic rings. The molecule has 0 bridgehead atoms. The highest BCUT2D eigenvalue weighted by molar-refractivity contribution is 5.19. The van der Waals surface area contributed by atoms with Crippen LogP contribution in [0.15, 0.2) is 29.5 Å². The molecule has 0 spiro atoms. The zero-order valence-corrected chi connectivity index (χ0v) is 10.3. The van der Waals surface area contributed by atoms with E-state index in [0.717, 1.165) is 25.3 Å². The summed E-state index contributed by atoms with van der Waals surface area (Å²) in [5.41, 5.74) is 6.05. The highest BCUT2D eigenvalue weighted by Crippen LogP contribution is 2.28. The topological polar surface area (TPSA) is 3.24 Å². The molecule has 1 atom stereocenters. The van der Waals surface area contributed by atoms with Crippen molar-refractivity contribution in [3.05, 3.63) is 29.5 Å². The van der Waals surface area contributed by atoms with E-state index in [2.05, 4.69) is 44.3 Å². The third-order valence-corrected chi connectivity index (χ3v) is 2.99. The van der Waals surface area contributed by atoms with Gasteiger partial charge in [-0.05, 0) is 51.3 Å². The van der Waals surface area contributed by atoms with Gasteiger partial charge in [0.15, 0.2) is 0 Å². The van der Waals surface area contributed by atoms with Crippen LogP contribution in [0.5, 0.6) is 0 Å².